The average Bonchev–Trinajstić information content (AvgIpc) is 2.48. The van der Waals surface area contributed by atoms with Gasteiger partial charge in [-0.1, -0.05) is 18.2 Å². The number of hydrogen-bond acceptors (Lipinski definition) is 4. The van der Waals surface area contributed by atoms with E-state index < -0.39 is 16.1 Å². The van der Waals surface area contributed by atoms with Gasteiger partial charge in [0, 0.05) is 13.1 Å². The zero-order valence-corrected chi connectivity index (χ0v) is 13.0. The Morgan fingerprint density at radius 2 is 2.14 bits per heavy atom. The lowest BCUT2D eigenvalue weighted by atomic mass is 10.2. The zero-order valence-electron chi connectivity index (χ0n) is 12.2. The van der Waals surface area contributed by atoms with Crippen LogP contribution in [-0.4, -0.2) is 51.0 Å². The van der Waals surface area contributed by atoms with Gasteiger partial charge in [-0.2, -0.15) is 4.31 Å². The average molecular weight is 312 g/mol. The second-order valence-electron chi connectivity index (χ2n) is 4.87. The molecule has 1 aliphatic rings. The third-order valence-electron chi connectivity index (χ3n) is 3.41. The summed E-state index contributed by atoms with van der Waals surface area (Å²) >= 11 is 0. The molecular formula is C14H20N2O4S. The first-order valence-electron chi connectivity index (χ1n) is 6.91. The van der Waals surface area contributed by atoms with E-state index in [-0.39, 0.29) is 24.0 Å². The predicted octanol–water partition coefficient (Wildman–Crippen LogP) is 0.521. The Bertz CT molecular complexity index is 615. The molecule has 1 aromatic rings. The molecule has 1 aromatic carbocycles. The van der Waals surface area contributed by atoms with Gasteiger partial charge >= 0.3 is 0 Å². The Hall–Kier alpha value is -1.44. The summed E-state index contributed by atoms with van der Waals surface area (Å²) in [5.74, 6) is -0.325. The number of benzene rings is 1. The molecule has 0 saturated carbocycles. The van der Waals surface area contributed by atoms with E-state index in [2.05, 4.69) is 5.32 Å². The van der Waals surface area contributed by atoms with E-state index in [9.17, 15) is 13.2 Å². The summed E-state index contributed by atoms with van der Waals surface area (Å²) in [7, 11) is -3.71. The van der Waals surface area contributed by atoms with Crippen molar-refractivity contribution in [3.63, 3.8) is 0 Å². The van der Waals surface area contributed by atoms with Crippen molar-refractivity contribution in [3.05, 3.63) is 29.8 Å². The minimum Gasteiger partial charge on any atom is -0.378 e. The molecular weight excluding hydrogens is 292 g/mol. The van der Waals surface area contributed by atoms with Crippen LogP contribution in [0.4, 0.5) is 0 Å². The van der Waals surface area contributed by atoms with E-state index in [0.717, 1.165) is 0 Å². The fourth-order valence-electron chi connectivity index (χ4n) is 2.35. The van der Waals surface area contributed by atoms with Crippen molar-refractivity contribution in [1.82, 2.24) is 9.62 Å². The standard InChI is InChI=1S/C14H20N2O4S/c1-3-15-14(17)12-10-20-9-8-16(12)21(18,19)13-7-5-4-6-11(13)2/h4-7,12H,3,8-10H2,1-2H3,(H,15,17). The highest BCUT2D eigenvalue weighted by molar-refractivity contribution is 7.89. The van der Waals surface area contributed by atoms with E-state index in [1.165, 1.54) is 4.31 Å². The van der Waals surface area contributed by atoms with Gasteiger partial charge in [0.1, 0.15) is 6.04 Å². The molecule has 6 nitrogen and oxygen atoms in total. The summed E-state index contributed by atoms with van der Waals surface area (Å²) in [6, 6.07) is 5.96. The van der Waals surface area contributed by atoms with Crippen molar-refractivity contribution >= 4 is 15.9 Å². The van der Waals surface area contributed by atoms with E-state index >= 15 is 0 Å². The highest BCUT2D eigenvalue weighted by Gasteiger charge is 2.38. The van der Waals surface area contributed by atoms with Gasteiger partial charge in [0.25, 0.3) is 0 Å². The van der Waals surface area contributed by atoms with Crippen LogP contribution in [0.15, 0.2) is 29.2 Å². The number of nitrogens with one attached hydrogen (secondary N) is 1. The quantitative estimate of drug-likeness (QED) is 0.879. The Morgan fingerprint density at radius 1 is 1.43 bits per heavy atom. The first-order chi connectivity index (χ1) is 9.98. The smallest absolute Gasteiger partial charge is 0.244 e. The molecule has 0 bridgehead atoms. The van der Waals surface area contributed by atoms with Crippen LogP contribution < -0.4 is 5.32 Å². The normalized spacial score (nSPS) is 20.2. The van der Waals surface area contributed by atoms with Gasteiger partial charge in [-0.25, -0.2) is 8.42 Å². The van der Waals surface area contributed by atoms with Gasteiger partial charge in [-0.3, -0.25) is 4.79 Å². The van der Waals surface area contributed by atoms with Gasteiger partial charge in [0.15, 0.2) is 0 Å². The summed E-state index contributed by atoms with van der Waals surface area (Å²) in [6.45, 7) is 4.54. The summed E-state index contributed by atoms with van der Waals surface area (Å²) in [6.07, 6.45) is 0. The largest absolute Gasteiger partial charge is 0.378 e. The number of aryl methyl sites for hydroxylation is 1. The number of likely N-dealkylation sites (N-methyl/N-ethyl adjacent to an activating group) is 1. The van der Waals surface area contributed by atoms with Crippen LogP contribution >= 0.6 is 0 Å². The number of rotatable bonds is 4. The molecule has 0 aromatic heterocycles. The fourth-order valence-corrected chi connectivity index (χ4v) is 4.13. The molecule has 1 unspecified atom stereocenters. The van der Waals surface area contributed by atoms with Crippen LogP contribution in [0.25, 0.3) is 0 Å². The molecule has 1 fully saturated rings. The molecule has 2 rings (SSSR count). The Labute approximate surface area is 125 Å². The van der Waals surface area contributed by atoms with Gasteiger partial charge in [-0.05, 0) is 25.5 Å². The molecule has 0 spiro atoms. The van der Waals surface area contributed by atoms with Gasteiger partial charge in [0.05, 0.1) is 18.1 Å². The number of ether oxygens (including phenoxy) is 1. The predicted molar refractivity (Wildman–Crippen MR) is 78.4 cm³/mol. The van der Waals surface area contributed by atoms with Crippen molar-refractivity contribution in [2.45, 2.75) is 24.8 Å². The van der Waals surface area contributed by atoms with Crippen molar-refractivity contribution in [3.8, 4) is 0 Å². The summed E-state index contributed by atoms with van der Waals surface area (Å²) < 4.78 is 32.1. The minimum atomic E-state index is -3.71. The molecule has 21 heavy (non-hydrogen) atoms. The van der Waals surface area contributed by atoms with Gasteiger partial charge < -0.3 is 10.1 Å². The summed E-state index contributed by atoms with van der Waals surface area (Å²) in [4.78, 5) is 12.3. The topological polar surface area (TPSA) is 75.7 Å². The second-order valence-corrected chi connectivity index (χ2v) is 6.73. The van der Waals surface area contributed by atoms with Crippen LogP contribution in [0.2, 0.25) is 0 Å². The van der Waals surface area contributed by atoms with Crippen molar-refractivity contribution in [2.24, 2.45) is 0 Å². The summed E-state index contributed by atoms with van der Waals surface area (Å²) in [5.41, 5.74) is 0.665. The third-order valence-corrected chi connectivity index (χ3v) is 5.48. The van der Waals surface area contributed by atoms with E-state index in [1.807, 2.05) is 0 Å². The molecule has 1 heterocycles. The molecule has 0 aliphatic carbocycles. The molecule has 0 radical (unpaired) electrons. The number of carbonyl (C=O) groups excluding carboxylic acids is 1. The first-order valence-corrected chi connectivity index (χ1v) is 8.35. The Kier molecular flexibility index (Phi) is 4.97. The fraction of sp³-hybridized carbons (Fsp3) is 0.500. The second kappa shape index (κ2) is 6.55. The number of nitrogens with zero attached hydrogens (tertiary/aromatic N) is 1. The molecule has 1 N–H and O–H groups in total. The highest BCUT2D eigenvalue weighted by atomic mass is 32.2. The summed E-state index contributed by atoms with van der Waals surface area (Å²) in [5, 5.41) is 2.66. The van der Waals surface area contributed by atoms with Crippen LogP contribution in [-0.2, 0) is 19.6 Å². The van der Waals surface area contributed by atoms with Crippen LogP contribution in [0, 0.1) is 6.92 Å². The molecule has 1 aliphatic heterocycles. The number of sulfonamides is 1. The molecule has 116 valence electrons. The number of morpholine rings is 1. The molecule has 1 atom stereocenters. The van der Waals surface area contributed by atoms with E-state index in [4.69, 9.17) is 4.74 Å². The first kappa shape index (κ1) is 15.9. The lowest BCUT2D eigenvalue weighted by molar-refractivity contribution is -0.129. The highest BCUT2D eigenvalue weighted by Crippen LogP contribution is 2.23. The van der Waals surface area contributed by atoms with Crippen molar-refractivity contribution in [1.29, 1.82) is 0 Å². The SMILES string of the molecule is CCNC(=O)C1COCCN1S(=O)(=O)c1ccccc1C. The van der Waals surface area contributed by atoms with E-state index in [0.29, 0.717) is 18.7 Å². The maximum atomic E-state index is 12.8. The maximum absolute atomic E-state index is 12.8. The molecule has 1 amide bonds. The monoisotopic (exact) mass is 312 g/mol. The Balaban J connectivity index is 2.36. The maximum Gasteiger partial charge on any atom is 0.244 e. The van der Waals surface area contributed by atoms with Crippen molar-refractivity contribution < 1.29 is 17.9 Å². The van der Waals surface area contributed by atoms with Crippen LogP contribution in [0.5, 0.6) is 0 Å². The van der Waals surface area contributed by atoms with Crippen molar-refractivity contribution in [2.75, 3.05) is 26.3 Å². The zero-order chi connectivity index (χ0) is 15.5. The number of hydrogen-bond donors (Lipinski definition) is 1. The van der Waals surface area contributed by atoms with Gasteiger partial charge in [-0.15, -0.1) is 0 Å². The third kappa shape index (κ3) is 3.25. The molecule has 7 heteroatoms. The van der Waals surface area contributed by atoms with Gasteiger partial charge in [0.2, 0.25) is 15.9 Å². The Morgan fingerprint density at radius 3 is 2.81 bits per heavy atom. The molecule has 1 saturated heterocycles. The minimum absolute atomic E-state index is 0.0803. The number of carbonyl (C=O) groups is 1. The van der Waals surface area contributed by atoms with Crippen LogP contribution in [0.3, 0.4) is 0 Å². The lowest BCUT2D eigenvalue weighted by Gasteiger charge is -2.33. The lowest BCUT2D eigenvalue weighted by Crippen LogP contribution is -2.55. The number of amides is 1. The van der Waals surface area contributed by atoms with E-state index in [1.54, 1.807) is 38.1 Å². The van der Waals surface area contributed by atoms with Crippen LogP contribution in [0.1, 0.15) is 12.5 Å².